The van der Waals surface area contributed by atoms with Crippen LogP contribution in [0, 0.1) is 5.82 Å². The quantitative estimate of drug-likeness (QED) is 0.463. The van der Waals surface area contributed by atoms with E-state index in [-0.39, 0.29) is 34.9 Å². The van der Waals surface area contributed by atoms with Crippen molar-refractivity contribution in [2.24, 2.45) is 0 Å². The van der Waals surface area contributed by atoms with Crippen LogP contribution in [0.25, 0.3) is 28.0 Å². The molecule has 4 heterocycles. The number of aldehydes is 1. The van der Waals surface area contributed by atoms with E-state index in [4.69, 9.17) is 9.26 Å². The zero-order chi connectivity index (χ0) is 21.5. The topological polar surface area (TPSA) is 99.2 Å². The summed E-state index contributed by atoms with van der Waals surface area (Å²) in [7, 11) is 0. The van der Waals surface area contributed by atoms with Crippen molar-refractivity contribution in [1.29, 1.82) is 0 Å². The predicted octanol–water partition coefficient (Wildman–Crippen LogP) is 3.04. The number of aromatic nitrogens is 5. The van der Waals surface area contributed by atoms with Crippen molar-refractivity contribution in [2.45, 2.75) is 26.1 Å². The van der Waals surface area contributed by atoms with Gasteiger partial charge in [0.25, 0.3) is 0 Å². The van der Waals surface area contributed by atoms with Crippen molar-refractivity contribution >= 4 is 22.9 Å². The zero-order valence-corrected chi connectivity index (χ0v) is 16.9. The molecule has 0 N–H and O–H groups in total. The molecule has 0 aliphatic carbocycles. The third kappa shape index (κ3) is 3.34. The fraction of sp³-hybridized carbons (Fsp3) is 0.286. The Bertz CT molecular complexity index is 1240. The summed E-state index contributed by atoms with van der Waals surface area (Å²) >= 11 is 0. The fourth-order valence-corrected chi connectivity index (χ4v) is 3.99. The third-order valence-electron chi connectivity index (χ3n) is 5.21. The molecule has 9 nitrogen and oxygen atoms in total. The van der Waals surface area contributed by atoms with Gasteiger partial charge in [-0.1, -0.05) is 5.16 Å². The van der Waals surface area contributed by atoms with Crippen molar-refractivity contribution in [3.8, 4) is 17.1 Å². The van der Waals surface area contributed by atoms with Crippen LogP contribution >= 0.6 is 0 Å². The minimum absolute atomic E-state index is 0.0287. The Labute approximate surface area is 176 Å². The number of carbonyl (C=O) groups excluding carboxylic acids is 1. The van der Waals surface area contributed by atoms with E-state index in [1.54, 1.807) is 37.1 Å². The van der Waals surface area contributed by atoms with E-state index in [2.05, 4.69) is 20.2 Å². The molecule has 158 valence electrons. The molecule has 0 saturated carbocycles. The molecule has 0 amide bonds. The predicted molar refractivity (Wildman–Crippen MR) is 110 cm³/mol. The number of halogens is 1. The van der Waals surface area contributed by atoms with E-state index in [1.807, 2.05) is 18.7 Å². The summed E-state index contributed by atoms with van der Waals surface area (Å²) in [5.74, 6) is -0.344. The normalized spacial score (nSPS) is 19.1. The lowest BCUT2D eigenvalue weighted by atomic mass is 10.1. The number of nitrogens with zero attached hydrogens (tertiary/aromatic N) is 6. The lowest BCUT2D eigenvalue weighted by Gasteiger charge is -2.37. The molecule has 0 bridgehead atoms. The molecule has 5 rings (SSSR count). The monoisotopic (exact) mass is 422 g/mol. The molecule has 1 saturated heterocycles. The van der Waals surface area contributed by atoms with Crippen LogP contribution in [0.1, 0.15) is 24.2 Å². The van der Waals surface area contributed by atoms with Gasteiger partial charge in [0.1, 0.15) is 0 Å². The van der Waals surface area contributed by atoms with Crippen molar-refractivity contribution in [1.82, 2.24) is 24.9 Å². The highest BCUT2D eigenvalue weighted by molar-refractivity contribution is 5.97. The molecule has 10 heteroatoms. The van der Waals surface area contributed by atoms with Gasteiger partial charge in [0.05, 0.1) is 41.4 Å². The largest absolute Gasteiger partial charge is 0.372 e. The van der Waals surface area contributed by atoms with Crippen LogP contribution in [-0.4, -0.2) is 56.5 Å². The van der Waals surface area contributed by atoms with Gasteiger partial charge in [-0.3, -0.25) is 14.8 Å². The van der Waals surface area contributed by atoms with E-state index in [0.29, 0.717) is 36.0 Å². The fourth-order valence-electron chi connectivity index (χ4n) is 3.99. The summed E-state index contributed by atoms with van der Waals surface area (Å²) in [5.41, 5.74) is 1.75. The molecule has 0 spiro atoms. The smallest absolute Gasteiger partial charge is 0.206 e. The Morgan fingerprint density at radius 3 is 2.71 bits per heavy atom. The van der Waals surface area contributed by atoms with Crippen LogP contribution < -0.4 is 4.90 Å². The van der Waals surface area contributed by atoms with Crippen LogP contribution in [0.2, 0.25) is 0 Å². The van der Waals surface area contributed by atoms with Crippen molar-refractivity contribution < 1.29 is 18.4 Å². The summed E-state index contributed by atoms with van der Waals surface area (Å²) in [4.78, 5) is 22.0. The molecule has 31 heavy (non-hydrogen) atoms. The van der Waals surface area contributed by atoms with Gasteiger partial charge in [-0.05, 0) is 19.9 Å². The highest BCUT2D eigenvalue weighted by Crippen LogP contribution is 2.35. The average Bonchev–Trinajstić information content (AvgIpc) is 3.40. The SMILES string of the molecule is C[C@@H]1CN(c2c(C=O)cc3c(-n4cc(-c5cnccn5)cn4)noc3c2F)C[C@H](C)O1. The van der Waals surface area contributed by atoms with Crippen molar-refractivity contribution in [2.75, 3.05) is 18.0 Å². The van der Waals surface area contributed by atoms with Gasteiger partial charge in [-0.2, -0.15) is 5.10 Å². The molecule has 3 aromatic heterocycles. The Morgan fingerprint density at radius 1 is 1.19 bits per heavy atom. The third-order valence-corrected chi connectivity index (χ3v) is 5.21. The highest BCUT2D eigenvalue weighted by Gasteiger charge is 2.29. The number of hydrogen-bond acceptors (Lipinski definition) is 8. The highest BCUT2D eigenvalue weighted by atomic mass is 19.1. The van der Waals surface area contributed by atoms with Crippen molar-refractivity contribution in [3.05, 3.63) is 48.4 Å². The molecular formula is C21H19FN6O3. The number of benzene rings is 1. The van der Waals surface area contributed by atoms with Gasteiger partial charge in [-0.15, -0.1) is 0 Å². The Morgan fingerprint density at radius 2 is 2.00 bits per heavy atom. The number of fused-ring (bicyclic) bond motifs is 1. The number of carbonyl (C=O) groups is 1. The maximum atomic E-state index is 15.5. The number of morpholine rings is 1. The number of hydrogen-bond donors (Lipinski definition) is 0. The van der Waals surface area contributed by atoms with Gasteiger partial charge in [0.2, 0.25) is 11.4 Å². The van der Waals surface area contributed by atoms with Crippen LogP contribution in [0.15, 0.2) is 41.6 Å². The second kappa shape index (κ2) is 7.55. The first-order chi connectivity index (χ1) is 15.0. The molecular weight excluding hydrogens is 403 g/mol. The maximum Gasteiger partial charge on any atom is 0.206 e. The molecule has 0 radical (unpaired) electrons. The Kier molecular flexibility index (Phi) is 4.70. The average molecular weight is 422 g/mol. The molecule has 4 aromatic rings. The van der Waals surface area contributed by atoms with E-state index in [0.717, 1.165) is 0 Å². The molecule has 1 aromatic carbocycles. The maximum absolute atomic E-state index is 15.5. The Balaban J connectivity index is 1.59. The van der Waals surface area contributed by atoms with Gasteiger partial charge < -0.3 is 14.2 Å². The van der Waals surface area contributed by atoms with Gasteiger partial charge >= 0.3 is 0 Å². The van der Waals surface area contributed by atoms with Crippen LogP contribution in [0.5, 0.6) is 0 Å². The van der Waals surface area contributed by atoms with E-state index >= 15 is 4.39 Å². The number of anilines is 1. The first-order valence-corrected chi connectivity index (χ1v) is 9.84. The van der Waals surface area contributed by atoms with Crippen LogP contribution in [0.3, 0.4) is 0 Å². The minimum Gasteiger partial charge on any atom is -0.372 e. The summed E-state index contributed by atoms with van der Waals surface area (Å²) in [6.07, 6.45) is 8.54. The van der Waals surface area contributed by atoms with E-state index < -0.39 is 5.82 Å². The zero-order valence-electron chi connectivity index (χ0n) is 16.9. The lowest BCUT2D eigenvalue weighted by Crippen LogP contribution is -2.46. The van der Waals surface area contributed by atoms with Gasteiger partial charge in [-0.25, -0.2) is 9.07 Å². The minimum atomic E-state index is -0.624. The van der Waals surface area contributed by atoms with Crippen molar-refractivity contribution in [3.63, 3.8) is 0 Å². The summed E-state index contributed by atoms with van der Waals surface area (Å²) in [5, 5.41) is 8.66. The van der Waals surface area contributed by atoms with Gasteiger partial charge in [0, 0.05) is 42.8 Å². The summed E-state index contributed by atoms with van der Waals surface area (Å²) < 4.78 is 28.1. The standard InChI is InChI=1S/C21H19FN6O3/c1-12-8-27(9-13(2)30-12)19-14(11-29)5-16-20(18(19)22)31-26-21(16)28-10-15(6-25-28)17-7-23-3-4-24-17/h3-7,10-13H,8-9H2,1-2H3/t12-,13+. The number of rotatable bonds is 4. The van der Waals surface area contributed by atoms with E-state index in [9.17, 15) is 4.79 Å². The van der Waals surface area contributed by atoms with Crippen LogP contribution in [0.4, 0.5) is 10.1 Å². The van der Waals surface area contributed by atoms with Crippen LogP contribution in [-0.2, 0) is 4.74 Å². The molecule has 1 aliphatic rings. The van der Waals surface area contributed by atoms with Gasteiger partial charge in [0.15, 0.2) is 12.1 Å². The second-order valence-corrected chi connectivity index (χ2v) is 7.56. The lowest BCUT2D eigenvalue weighted by molar-refractivity contribution is -0.00543. The second-order valence-electron chi connectivity index (χ2n) is 7.56. The first kappa shape index (κ1) is 19.3. The summed E-state index contributed by atoms with van der Waals surface area (Å²) in [6, 6.07) is 1.58. The summed E-state index contributed by atoms with van der Waals surface area (Å²) in [6.45, 7) is 4.77. The molecule has 1 aliphatic heterocycles. The van der Waals surface area contributed by atoms with E-state index in [1.165, 1.54) is 4.68 Å². The first-order valence-electron chi connectivity index (χ1n) is 9.84. The Hall–Kier alpha value is -3.66. The number of ether oxygens (including phenoxy) is 1. The molecule has 1 fully saturated rings. The molecule has 2 atom stereocenters. The molecule has 0 unspecified atom stereocenters.